The maximum Gasteiger partial charge on any atom is 0.185 e. The molecular formula is C11H24O3. The number of methoxy groups -OCH3 is 2. The van der Waals surface area contributed by atoms with E-state index in [9.17, 15) is 5.11 Å². The first kappa shape index (κ1) is 13.9. The molecule has 0 bridgehead atoms. The highest BCUT2D eigenvalue weighted by Gasteiger charge is 2.31. The zero-order valence-corrected chi connectivity index (χ0v) is 9.88. The van der Waals surface area contributed by atoms with Crippen LogP contribution in [0.5, 0.6) is 0 Å². The summed E-state index contributed by atoms with van der Waals surface area (Å²) >= 11 is 0. The fourth-order valence-corrected chi connectivity index (χ4v) is 1.63. The normalized spacial score (nSPS) is 15.9. The first-order valence-corrected chi connectivity index (χ1v) is 5.36. The van der Waals surface area contributed by atoms with Crippen LogP contribution in [-0.2, 0) is 9.47 Å². The molecule has 0 spiro atoms. The molecule has 0 rings (SSSR count). The lowest BCUT2D eigenvalue weighted by molar-refractivity contribution is -0.210. The summed E-state index contributed by atoms with van der Waals surface area (Å²) in [5.74, 6) is 0. The minimum absolute atomic E-state index is 0.524. The Bertz CT molecular complexity index is 130. The predicted octanol–water partition coefficient (Wildman–Crippen LogP) is 2.33. The van der Waals surface area contributed by atoms with E-state index >= 15 is 0 Å². The quantitative estimate of drug-likeness (QED) is 0.487. The largest absolute Gasteiger partial charge is 0.385 e. The highest BCUT2D eigenvalue weighted by Crippen LogP contribution is 2.21. The van der Waals surface area contributed by atoms with Gasteiger partial charge in [-0.05, 0) is 13.3 Å². The molecule has 0 amide bonds. The number of hydrogen-bond acceptors (Lipinski definition) is 3. The Morgan fingerprint density at radius 3 is 2.14 bits per heavy atom. The third-order valence-corrected chi connectivity index (χ3v) is 2.47. The Labute approximate surface area is 87.4 Å². The average Bonchev–Trinajstić information content (AvgIpc) is 2.14. The van der Waals surface area contributed by atoms with Gasteiger partial charge in [0.05, 0.1) is 0 Å². The number of ether oxygens (including phenoxy) is 2. The van der Waals surface area contributed by atoms with Gasteiger partial charge in [-0.15, -0.1) is 0 Å². The van der Waals surface area contributed by atoms with Gasteiger partial charge in [0, 0.05) is 14.2 Å². The van der Waals surface area contributed by atoms with Crippen molar-refractivity contribution in [3.63, 3.8) is 0 Å². The fourth-order valence-electron chi connectivity index (χ4n) is 1.63. The fraction of sp³-hybridized carbons (Fsp3) is 1.00. The van der Waals surface area contributed by atoms with Crippen LogP contribution in [0.15, 0.2) is 0 Å². The topological polar surface area (TPSA) is 38.7 Å². The summed E-state index contributed by atoms with van der Waals surface area (Å²) < 4.78 is 10.1. The summed E-state index contributed by atoms with van der Waals surface area (Å²) in [5, 5.41) is 10.0. The van der Waals surface area contributed by atoms with Crippen molar-refractivity contribution in [2.24, 2.45) is 0 Å². The van der Waals surface area contributed by atoms with Gasteiger partial charge in [-0.2, -0.15) is 0 Å². The molecule has 3 heteroatoms. The second-order valence-corrected chi connectivity index (χ2v) is 3.97. The Kier molecular flexibility index (Phi) is 7.15. The lowest BCUT2D eigenvalue weighted by Crippen LogP contribution is -2.41. The zero-order valence-electron chi connectivity index (χ0n) is 9.88. The monoisotopic (exact) mass is 204 g/mol. The van der Waals surface area contributed by atoms with E-state index in [-0.39, 0.29) is 0 Å². The second-order valence-electron chi connectivity index (χ2n) is 3.97. The Hall–Kier alpha value is -0.120. The van der Waals surface area contributed by atoms with Crippen LogP contribution in [-0.4, -0.2) is 31.2 Å². The standard InChI is InChI=1S/C11H24O3/c1-5-6-7-8-9-11(2,12)10(13-3)14-4/h10,12H,5-9H2,1-4H3. The van der Waals surface area contributed by atoms with Gasteiger partial charge in [-0.1, -0.05) is 32.6 Å². The molecule has 0 saturated heterocycles. The summed E-state index contributed by atoms with van der Waals surface area (Å²) in [6.45, 7) is 3.93. The lowest BCUT2D eigenvalue weighted by atomic mass is 9.97. The van der Waals surface area contributed by atoms with Crippen LogP contribution in [0.2, 0.25) is 0 Å². The van der Waals surface area contributed by atoms with E-state index in [1.54, 1.807) is 21.1 Å². The van der Waals surface area contributed by atoms with Crippen LogP contribution in [0, 0.1) is 0 Å². The van der Waals surface area contributed by atoms with Crippen molar-refractivity contribution in [3.8, 4) is 0 Å². The van der Waals surface area contributed by atoms with Gasteiger partial charge in [0.25, 0.3) is 0 Å². The number of rotatable bonds is 8. The SMILES string of the molecule is CCCCCCC(C)(O)C(OC)OC. The molecule has 0 aliphatic heterocycles. The molecule has 14 heavy (non-hydrogen) atoms. The molecule has 0 aromatic rings. The second kappa shape index (κ2) is 7.21. The molecule has 0 aliphatic rings. The third-order valence-electron chi connectivity index (χ3n) is 2.47. The number of aliphatic hydroxyl groups is 1. The van der Waals surface area contributed by atoms with Crippen molar-refractivity contribution < 1.29 is 14.6 Å². The summed E-state index contributed by atoms with van der Waals surface area (Å²) in [4.78, 5) is 0. The molecule has 1 unspecified atom stereocenters. The van der Waals surface area contributed by atoms with Gasteiger partial charge in [-0.3, -0.25) is 0 Å². The zero-order chi connectivity index (χ0) is 11.0. The lowest BCUT2D eigenvalue weighted by Gasteiger charge is -2.30. The summed E-state index contributed by atoms with van der Waals surface area (Å²) in [7, 11) is 3.10. The summed E-state index contributed by atoms with van der Waals surface area (Å²) in [6.07, 6.45) is 4.81. The van der Waals surface area contributed by atoms with Crippen LogP contribution in [0.1, 0.15) is 46.0 Å². The minimum Gasteiger partial charge on any atom is -0.385 e. The van der Waals surface area contributed by atoms with Crippen LogP contribution < -0.4 is 0 Å². The molecule has 0 aromatic heterocycles. The van der Waals surface area contributed by atoms with Gasteiger partial charge in [0.1, 0.15) is 5.60 Å². The molecule has 1 N–H and O–H groups in total. The van der Waals surface area contributed by atoms with Crippen molar-refractivity contribution in [1.29, 1.82) is 0 Å². The predicted molar refractivity (Wildman–Crippen MR) is 57.2 cm³/mol. The average molecular weight is 204 g/mol. The first-order chi connectivity index (χ1) is 6.58. The van der Waals surface area contributed by atoms with Gasteiger partial charge in [0.2, 0.25) is 0 Å². The van der Waals surface area contributed by atoms with Crippen LogP contribution in [0.3, 0.4) is 0 Å². The molecule has 0 radical (unpaired) electrons. The van der Waals surface area contributed by atoms with Gasteiger partial charge >= 0.3 is 0 Å². The van der Waals surface area contributed by atoms with Crippen molar-refractivity contribution in [3.05, 3.63) is 0 Å². The molecule has 1 atom stereocenters. The van der Waals surface area contributed by atoms with E-state index in [0.29, 0.717) is 0 Å². The van der Waals surface area contributed by atoms with E-state index in [1.165, 1.54) is 12.8 Å². The highest BCUT2D eigenvalue weighted by atomic mass is 16.7. The van der Waals surface area contributed by atoms with Crippen LogP contribution in [0.25, 0.3) is 0 Å². The van der Waals surface area contributed by atoms with Gasteiger partial charge in [-0.25, -0.2) is 0 Å². The van der Waals surface area contributed by atoms with Gasteiger partial charge < -0.3 is 14.6 Å². The minimum atomic E-state index is -0.878. The smallest absolute Gasteiger partial charge is 0.185 e. The maximum atomic E-state index is 10.0. The summed E-state index contributed by atoms with van der Waals surface area (Å²) in [5.41, 5.74) is -0.878. The van der Waals surface area contributed by atoms with E-state index < -0.39 is 11.9 Å². The van der Waals surface area contributed by atoms with Crippen LogP contribution >= 0.6 is 0 Å². The van der Waals surface area contributed by atoms with Gasteiger partial charge in [0.15, 0.2) is 6.29 Å². The van der Waals surface area contributed by atoms with Crippen LogP contribution in [0.4, 0.5) is 0 Å². The first-order valence-electron chi connectivity index (χ1n) is 5.36. The van der Waals surface area contributed by atoms with Crippen molar-refractivity contribution in [2.45, 2.75) is 57.8 Å². The molecule has 0 fully saturated rings. The number of unbranched alkanes of at least 4 members (excludes halogenated alkanes) is 3. The Morgan fingerprint density at radius 2 is 1.71 bits per heavy atom. The molecule has 3 nitrogen and oxygen atoms in total. The van der Waals surface area contributed by atoms with E-state index in [2.05, 4.69) is 6.92 Å². The molecular weight excluding hydrogens is 180 g/mol. The number of hydrogen-bond donors (Lipinski definition) is 1. The highest BCUT2D eigenvalue weighted by molar-refractivity contribution is 4.76. The maximum absolute atomic E-state index is 10.0. The Balaban J connectivity index is 3.80. The summed E-state index contributed by atoms with van der Waals surface area (Å²) in [6, 6.07) is 0. The molecule has 0 aliphatic carbocycles. The van der Waals surface area contributed by atoms with Crippen molar-refractivity contribution in [1.82, 2.24) is 0 Å². The third kappa shape index (κ3) is 4.94. The van der Waals surface area contributed by atoms with E-state index in [0.717, 1.165) is 19.3 Å². The van der Waals surface area contributed by atoms with E-state index in [1.807, 2.05) is 0 Å². The Morgan fingerprint density at radius 1 is 1.14 bits per heavy atom. The molecule has 86 valence electrons. The molecule has 0 aromatic carbocycles. The van der Waals surface area contributed by atoms with Crippen molar-refractivity contribution in [2.75, 3.05) is 14.2 Å². The molecule has 0 heterocycles. The van der Waals surface area contributed by atoms with Crippen molar-refractivity contribution >= 4 is 0 Å². The molecule has 0 saturated carbocycles. The van der Waals surface area contributed by atoms with E-state index in [4.69, 9.17) is 9.47 Å².